The summed E-state index contributed by atoms with van der Waals surface area (Å²) in [6.45, 7) is 0. The highest BCUT2D eigenvalue weighted by atomic mass is 16.5. The summed E-state index contributed by atoms with van der Waals surface area (Å²) < 4.78 is 5.73. The van der Waals surface area contributed by atoms with Gasteiger partial charge in [0.2, 0.25) is 0 Å². The minimum atomic E-state index is 0.250. The van der Waals surface area contributed by atoms with E-state index in [1.165, 1.54) is 0 Å². The van der Waals surface area contributed by atoms with Crippen molar-refractivity contribution < 1.29 is 9.84 Å². The van der Waals surface area contributed by atoms with Crippen molar-refractivity contribution in [1.29, 1.82) is 0 Å². The van der Waals surface area contributed by atoms with Gasteiger partial charge in [-0.3, -0.25) is 4.99 Å². The van der Waals surface area contributed by atoms with Crippen LogP contribution in [0.15, 0.2) is 83.9 Å². The molecule has 0 aromatic heterocycles. The van der Waals surface area contributed by atoms with Crippen LogP contribution < -0.4 is 4.74 Å². The van der Waals surface area contributed by atoms with E-state index in [4.69, 9.17) is 4.74 Å². The summed E-state index contributed by atoms with van der Waals surface area (Å²) in [5.41, 5.74) is 1.77. The van der Waals surface area contributed by atoms with Gasteiger partial charge >= 0.3 is 0 Å². The Balaban J connectivity index is 1.67. The van der Waals surface area contributed by atoms with Crippen molar-refractivity contribution in [3.63, 3.8) is 0 Å². The summed E-state index contributed by atoms with van der Waals surface area (Å²) in [7, 11) is 0. The van der Waals surface area contributed by atoms with Gasteiger partial charge in [0.1, 0.15) is 17.2 Å². The lowest BCUT2D eigenvalue weighted by Crippen LogP contribution is -1.83. The maximum atomic E-state index is 9.24. The van der Waals surface area contributed by atoms with Crippen molar-refractivity contribution in [2.24, 2.45) is 4.99 Å². The number of aromatic hydroxyl groups is 1. The zero-order valence-corrected chi connectivity index (χ0v) is 11.9. The van der Waals surface area contributed by atoms with Gasteiger partial charge in [0.25, 0.3) is 0 Å². The predicted molar refractivity (Wildman–Crippen MR) is 88.3 cm³/mol. The van der Waals surface area contributed by atoms with Crippen LogP contribution in [-0.2, 0) is 0 Å². The summed E-state index contributed by atoms with van der Waals surface area (Å²) in [6, 6.07) is 24.1. The zero-order chi connectivity index (χ0) is 15.2. The lowest BCUT2D eigenvalue weighted by molar-refractivity contribution is 0.475. The molecule has 0 spiro atoms. The van der Waals surface area contributed by atoms with Gasteiger partial charge in [-0.1, -0.05) is 18.2 Å². The first-order valence-corrected chi connectivity index (χ1v) is 6.96. The van der Waals surface area contributed by atoms with Crippen molar-refractivity contribution in [2.45, 2.75) is 0 Å². The van der Waals surface area contributed by atoms with E-state index in [-0.39, 0.29) is 5.75 Å². The molecule has 0 aliphatic rings. The summed E-state index contributed by atoms with van der Waals surface area (Å²) >= 11 is 0. The van der Waals surface area contributed by atoms with Gasteiger partial charge in [-0.2, -0.15) is 0 Å². The second-order valence-electron chi connectivity index (χ2n) is 4.76. The normalized spacial score (nSPS) is 10.7. The molecule has 0 saturated heterocycles. The monoisotopic (exact) mass is 289 g/mol. The van der Waals surface area contributed by atoms with E-state index in [0.717, 1.165) is 22.7 Å². The lowest BCUT2D eigenvalue weighted by Gasteiger charge is -2.05. The van der Waals surface area contributed by atoms with Crippen LogP contribution in [0, 0.1) is 0 Å². The van der Waals surface area contributed by atoms with Crippen molar-refractivity contribution >= 4 is 11.9 Å². The lowest BCUT2D eigenvalue weighted by atomic mass is 10.2. The molecule has 0 bridgehead atoms. The molecule has 0 saturated carbocycles. The topological polar surface area (TPSA) is 41.8 Å². The molecule has 0 fully saturated rings. The number of phenolic OH excluding ortho intramolecular Hbond substituents is 1. The molecule has 3 rings (SSSR count). The molecule has 0 amide bonds. The Morgan fingerprint density at radius 1 is 0.727 bits per heavy atom. The highest BCUT2D eigenvalue weighted by molar-refractivity contribution is 5.82. The highest BCUT2D eigenvalue weighted by Gasteiger charge is 1.96. The smallest absolute Gasteiger partial charge is 0.127 e. The zero-order valence-electron chi connectivity index (χ0n) is 11.9. The second-order valence-corrected chi connectivity index (χ2v) is 4.76. The van der Waals surface area contributed by atoms with Gasteiger partial charge in [-0.15, -0.1) is 0 Å². The third kappa shape index (κ3) is 3.73. The fraction of sp³-hybridized carbons (Fsp3) is 0. The van der Waals surface area contributed by atoms with Gasteiger partial charge in [0, 0.05) is 6.21 Å². The number of rotatable bonds is 4. The number of phenols is 1. The summed E-state index contributed by atoms with van der Waals surface area (Å²) in [5, 5.41) is 9.24. The molecule has 1 N–H and O–H groups in total. The van der Waals surface area contributed by atoms with Crippen molar-refractivity contribution in [3.05, 3.63) is 84.4 Å². The van der Waals surface area contributed by atoms with Gasteiger partial charge < -0.3 is 9.84 Å². The van der Waals surface area contributed by atoms with Crippen LogP contribution in [0.25, 0.3) is 0 Å². The van der Waals surface area contributed by atoms with Gasteiger partial charge in [-0.05, 0) is 66.2 Å². The number of nitrogens with zero attached hydrogens (tertiary/aromatic N) is 1. The first-order valence-electron chi connectivity index (χ1n) is 6.96. The Bertz CT molecular complexity index is 748. The van der Waals surface area contributed by atoms with Crippen molar-refractivity contribution in [2.75, 3.05) is 0 Å². The van der Waals surface area contributed by atoms with Crippen LogP contribution >= 0.6 is 0 Å². The van der Waals surface area contributed by atoms with Crippen molar-refractivity contribution in [3.8, 4) is 17.2 Å². The van der Waals surface area contributed by atoms with Crippen LogP contribution in [-0.4, -0.2) is 11.3 Å². The van der Waals surface area contributed by atoms with Crippen LogP contribution in [0.3, 0.4) is 0 Å². The first-order chi connectivity index (χ1) is 10.8. The van der Waals surface area contributed by atoms with Gasteiger partial charge in [0.05, 0.1) is 5.69 Å². The standard InChI is InChI=1S/C19H15NO2/c21-17-10-6-15(7-11-17)14-20-16-8-12-19(13-9-16)22-18-4-2-1-3-5-18/h1-14,21H. The van der Waals surface area contributed by atoms with Gasteiger partial charge in [-0.25, -0.2) is 0 Å². The van der Waals surface area contributed by atoms with E-state index >= 15 is 0 Å². The summed E-state index contributed by atoms with van der Waals surface area (Å²) in [6.07, 6.45) is 1.76. The molecule has 22 heavy (non-hydrogen) atoms. The van der Waals surface area contributed by atoms with E-state index in [9.17, 15) is 5.11 Å². The molecule has 0 aliphatic heterocycles. The number of aliphatic imine (C=N–C) groups is 1. The molecular weight excluding hydrogens is 274 g/mol. The third-order valence-corrected chi connectivity index (χ3v) is 3.07. The van der Waals surface area contributed by atoms with E-state index in [1.807, 2.05) is 66.7 Å². The summed E-state index contributed by atoms with van der Waals surface area (Å²) in [4.78, 5) is 4.39. The Hall–Kier alpha value is -3.07. The molecule has 0 atom stereocenters. The van der Waals surface area contributed by atoms with Crippen LogP contribution in [0.5, 0.6) is 17.2 Å². The SMILES string of the molecule is Oc1ccc(C=Nc2ccc(Oc3ccccc3)cc2)cc1. The fourth-order valence-electron chi connectivity index (χ4n) is 1.93. The summed E-state index contributed by atoms with van der Waals surface area (Å²) in [5.74, 6) is 1.83. The largest absolute Gasteiger partial charge is 0.508 e. The number of benzene rings is 3. The average Bonchev–Trinajstić information content (AvgIpc) is 2.57. The molecule has 3 aromatic rings. The van der Waals surface area contributed by atoms with E-state index in [0.29, 0.717) is 0 Å². The molecule has 3 heteroatoms. The predicted octanol–water partition coefficient (Wildman–Crippen LogP) is 4.94. The Morgan fingerprint density at radius 2 is 1.36 bits per heavy atom. The maximum absolute atomic E-state index is 9.24. The number of hydrogen-bond acceptors (Lipinski definition) is 3. The molecule has 0 radical (unpaired) electrons. The maximum Gasteiger partial charge on any atom is 0.127 e. The van der Waals surface area contributed by atoms with Crippen LogP contribution in [0.2, 0.25) is 0 Å². The molecule has 3 aromatic carbocycles. The average molecular weight is 289 g/mol. The van der Waals surface area contributed by atoms with Crippen molar-refractivity contribution in [1.82, 2.24) is 0 Å². The van der Waals surface area contributed by atoms with E-state index in [2.05, 4.69) is 4.99 Å². The Morgan fingerprint density at radius 3 is 2.05 bits per heavy atom. The number of ether oxygens (including phenoxy) is 1. The van der Waals surface area contributed by atoms with Crippen LogP contribution in [0.1, 0.15) is 5.56 Å². The molecule has 0 unspecified atom stereocenters. The van der Waals surface area contributed by atoms with Gasteiger partial charge in [0.15, 0.2) is 0 Å². The molecule has 0 heterocycles. The minimum absolute atomic E-state index is 0.250. The fourth-order valence-corrected chi connectivity index (χ4v) is 1.93. The second kappa shape index (κ2) is 6.59. The third-order valence-electron chi connectivity index (χ3n) is 3.07. The Kier molecular flexibility index (Phi) is 4.16. The highest BCUT2D eigenvalue weighted by Crippen LogP contribution is 2.23. The minimum Gasteiger partial charge on any atom is -0.508 e. The molecular formula is C19H15NO2. The first kappa shape index (κ1) is 13.9. The van der Waals surface area contributed by atoms with E-state index in [1.54, 1.807) is 18.3 Å². The molecule has 0 aliphatic carbocycles. The van der Waals surface area contributed by atoms with E-state index < -0.39 is 0 Å². The number of hydrogen-bond donors (Lipinski definition) is 1. The Labute approximate surface area is 129 Å². The molecule has 108 valence electrons. The molecule has 3 nitrogen and oxygen atoms in total. The number of para-hydroxylation sites is 1. The quantitative estimate of drug-likeness (QED) is 0.691. The van der Waals surface area contributed by atoms with Crippen LogP contribution in [0.4, 0.5) is 5.69 Å².